The molecule has 1 atom stereocenters. The van der Waals surface area contributed by atoms with E-state index in [1.807, 2.05) is 48.7 Å². The van der Waals surface area contributed by atoms with E-state index in [4.69, 9.17) is 4.74 Å². The number of nitrogens with zero attached hydrogens (tertiary/aromatic N) is 1. The molecule has 0 spiro atoms. The largest absolute Gasteiger partial charge is 0.507 e. The highest BCUT2D eigenvalue weighted by Gasteiger charge is 2.25. The molecule has 138 valence electrons. The molecule has 0 radical (unpaired) electrons. The lowest BCUT2D eigenvalue weighted by Crippen LogP contribution is -2.25. The van der Waals surface area contributed by atoms with Crippen LogP contribution < -0.4 is 0 Å². The van der Waals surface area contributed by atoms with E-state index in [2.05, 4.69) is 0 Å². The van der Waals surface area contributed by atoms with Crippen LogP contribution in [-0.4, -0.2) is 27.5 Å². The topological polar surface area (TPSA) is 68.5 Å². The lowest BCUT2D eigenvalue weighted by atomic mass is 10.1. The van der Waals surface area contributed by atoms with Crippen molar-refractivity contribution in [3.05, 3.63) is 83.2 Å². The number of aromatic hydroxyl groups is 1. The zero-order valence-electron chi connectivity index (χ0n) is 15.5. The molecular formula is C22H21NO4. The number of para-hydroxylation sites is 2. The van der Waals surface area contributed by atoms with Gasteiger partial charge in [0.1, 0.15) is 11.3 Å². The van der Waals surface area contributed by atoms with E-state index in [-0.39, 0.29) is 17.1 Å². The van der Waals surface area contributed by atoms with Gasteiger partial charge in [-0.2, -0.15) is 0 Å². The van der Waals surface area contributed by atoms with Gasteiger partial charge in [0.2, 0.25) is 5.78 Å². The minimum atomic E-state index is -0.971. The molecule has 0 fully saturated rings. The number of ether oxygens (including phenoxy) is 1. The van der Waals surface area contributed by atoms with Crippen molar-refractivity contribution >= 4 is 11.8 Å². The molecule has 0 amide bonds. The second-order valence-electron chi connectivity index (χ2n) is 6.38. The number of carbonyl (C=O) groups excluding carboxylic acids is 2. The number of carbonyl (C=O) groups is 2. The molecule has 0 unspecified atom stereocenters. The van der Waals surface area contributed by atoms with Gasteiger partial charge in [-0.1, -0.05) is 30.3 Å². The molecular weight excluding hydrogens is 342 g/mol. The second-order valence-corrected chi connectivity index (χ2v) is 6.38. The molecule has 0 aliphatic heterocycles. The standard InChI is InChI=1S/C22H21NO4/c1-14-13-19(15(2)23(14)17-9-5-4-6-10-17)21(25)16(3)27-22(26)18-11-7-8-12-20(18)24/h4-13,16,24H,1-3H3/t16-/m1/s1. The van der Waals surface area contributed by atoms with Gasteiger partial charge in [-0.05, 0) is 51.1 Å². The van der Waals surface area contributed by atoms with E-state index in [1.54, 1.807) is 18.2 Å². The van der Waals surface area contributed by atoms with E-state index in [9.17, 15) is 14.7 Å². The van der Waals surface area contributed by atoms with Crippen LogP contribution in [0.3, 0.4) is 0 Å². The summed E-state index contributed by atoms with van der Waals surface area (Å²) in [6, 6.07) is 17.6. The number of phenols is 1. The number of aromatic nitrogens is 1. The third-order valence-electron chi connectivity index (χ3n) is 4.49. The van der Waals surface area contributed by atoms with Gasteiger partial charge in [-0.25, -0.2) is 4.79 Å². The molecule has 0 aliphatic carbocycles. The fraction of sp³-hybridized carbons (Fsp3) is 0.182. The van der Waals surface area contributed by atoms with Crippen LogP contribution in [0.2, 0.25) is 0 Å². The molecule has 0 saturated heterocycles. The van der Waals surface area contributed by atoms with Gasteiger partial charge in [0.15, 0.2) is 6.10 Å². The minimum absolute atomic E-state index is 0.0342. The van der Waals surface area contributed by atoms with E-state index in [0.29, 0.717) is 5.56 Å². The number of ketones is 1. The van der Waals surface area contributed by atoms with Crippen LogP contribution in [0.4, 0.5) is 0 Å². The van der Waals surface area contributed by atoms with Gasteiger partial charge >= 0.3 is 5.97 Å². The summed E-state index contributed by atoms with van der Waals surface area (Å²) in [5.74, 6) is -1.19. The number of esters is 1. The van der Waals surface area contributed by atoms with Crippen LogP contribution in [0.5, 0.6) is 5.75 Å². The minimum Gasteiger partial charge on any atom is -0.507 e. The van der Waals surface area contributed by atoms with Crippen LogP contribution in [0.1, 0.15) is 39.0 Å². The van der Waals surface area contributed by atoms with Gasteiger partial charge in [0.25, 0.3) is 0 Å². The Labute approximate surface area is 157 Å². The van der Waals surface area contributed by atoms with Gasteiger partial charge in [-0.15, -0.1) is 0 Å². The number of hydrogen-bond donors (Lipinski definition) is 1. The molecule has 3 aromatic rings. The summed E-state index contributed by atoms with van der Waals surface area (Å²) < 4.78 is 7.28. The van der Waals surface area contributed by atoms with Gasteiger partial charge in [0.05, 0.1) is 0 Å². The maximum atomic E-state index is 12.9. The summed E-state index contributed by atoms with van der Waals surface area (Å²) in [6.45, 7) is 5.33. The first-order valence-corrected chi connectivity index (χ1v) is 8.67. The van der Waals surface area contributed by atoms with Crippen LogP contribution in [0, 0.1) is 13.8 Å². The Morgan fingerprint density at radius 1 is 0.963 bits per heavy atom. The van der Waals surface area contributed by atoms with Crippen molar-refractivity contribution < 1.29 is 19.4 Å². The number of phenolic OH excluding ortho intramolecular Hbond substituents is 1. The third-order valence-corrected chi connectivity index (χ3v) is 4.49. The number of aryl methyl sites for hydroxylation is 1. The Morgan fingerprint density at radius 3 is 2.26 bits per heavy atom. The first-order chi connectivity index (χ1) is 12.9. The summed E-state index contributed by atoms with van der Waals surface area (Å²) in [7, 11) is 0. The van der Waals surface area contributed by atoms with Crippen molar-refractivity contribution in [2.75, 3.05) is 0 Å². The Morgan fingerprint density at radius 2 is 1.59 bits per heavy atom. The summed E-state index contributed by atoms with van der Waals surface area (Å²) in [5, 5.41) is 9.77. The number of rotatable bonds is 5. The first kappa shape index (κ1) is 18.5. The van der Waals surface area contributed by atoms with Gasteiger partial charge in [-0.3, -0.25) is 4.79 Å². The smallest absolute Gasteiger partial charge is 0.342 e. The summed E-state index contributed by atoms with van der Waals surface area (Å²) in [6.07, 6.45) is -0.971. The highest BCUT2D eigenvalue weighted by molar-refractivity contribution is 6.03. The molecule has 1 N–H and O–H groups in total. The van der Waals surface area contributed by atoms with Crippen molar-refractivity contribution in [3.63, 3.8) is 0 Å². The van der Waals surface area contributed by atoms with Crippen LogP contribution in [-0.2, 0) is 4.74 Å². The average Bonchev–Trinajstić information content (AvgIpc) is 2.96. The maximum absolute atomic E-state index is 12.9. The number of hydrogen-bond acceptors (Lipinski definition) is 4. The van der Waals surface area contributed by atoms with Gasteiger partial charge < -0.3 is 14.4 Å². The predicted molar refractivity (Wildman–Crippen MR) is 103 cm³/mol. The van der Waals surface area contributed by atoms with Crippen molar-refractivity contribution in [1.82, 2.24) is 4.57 Å². The van der Waals surface area contributed by atoms with Crippen molar-refractivity contribution in [2.24, 2.45) is 0 Å². The van der Waals surface area contributed by atoms with Crippen LogP contribution in [0.15, 0.2) is 60.7 Å². The predicted octanol–water partition coefficient (Wildman–Crippen LogP) is 4.23. The van der Waals surface area contributed by atoms with E-state index >= 15 is 0 Å². The summed E-state index contributed by atoms with van der Waals surface area (Å²) in [4.78, 5) is 25.1. The van der Waals surface area contributed by atoms with Crippen LogP contribution >= 0.6 is 0 Å². The summed E-state index contributed by atoms with van der Waals surface area (Å²) in [5.41, 5.74) is 3.21. The van der Waals surface area contributed by atoms with E-state index in [0.717, 1.165) is 17.1 Å². The average molecular weight is 363 g/mol. The molecule has 5 nitrogen and oxygen atoms in total. The fourth-order valence-electron chi connectivity index (χ4n) is 3.13. The van der Waals surface area contributed by atoms with Gasteiger partial charge in [0, 0.05) is 22.6 Å². The van der Waals surface area contributed by atoms with Crippen LogP contribution in [0.25, 0.3) is 5.69 Å². The lowest BCUT2D eigenvalue weighted by molar-refractivity contribution is 0.0316. The fourth-order valence-corrected chi connectivity index (χ4v) is 3.13. The molecule has 27 heavy (non-hydrogen) atoms. The van der Waals surface area contributed by atoms with Crippen molar-refractivity contribution in [1.29, 1.82) is 0 Å². The molecule has 3 rings (SSSR count). The Hall–Kier alpha value is -3.34. The third kappa shape index (κ3) is 3.62. The monoisotopic (exact) mass is 363 g/mol. The summed E-state index contributed by atoms with van der Waals surface area (Å²) >= 11 is 0. The highest BCUT2D eigenvalue weighted by Crippen LogP contribution is 2.23. The molecule has 0 aliphatic rings. The molecule has 1 aromatic heterocycles. The quantitative estimate of drug-likeness (QED) is 0.544. The Balaban J connectivity index is 1.84. The first-order valence-electron chi connectivity index (χ1n) is 8.67. The Kier molecular flexibility index (Phi) is 5.12. The number of Topliss-reactive ketones (excluding diaryl/α,β-unsaturated/α-hetero) is 1. The van der Waals surface area contributed by atoms with Crippen molar-refractivity contribution in [3.8, 4) is 11.4 Å². The van der Waals surface area contributed by atoms with E-state index < -0.39 is 12.1 Å². The molecule has 0 saturated carbocycles. The maximum Gasteiger partial charge on any atom is 0.342 e. The SMILES string of the molecule is Cc1cc(C(=O)[C@@H](C)OC(=O)c2ccccc2O)c(C)n1-c1ccccc1. The molecule has 5 heteroatoms. The van der Waals surface area contributed by atoms with E-state index in [1.165, 1.54) is 19.1 Å². The zero-order chi connectivity index (χ0) is 19.6. The number of benzene rings is 2. The molecule has 0 bridgehead atoms. The molecule has 1 heterocycles. The Bertz CT molecular complexity index is 989. The molecule has 2 aromatic carbocycles. The van der Waals surface area contributed by atoms with Crippen molar-refractivity contribution in [2.45, 2.75) is 26.9 Å². The normalized spacial score (nSPS) is 11.8. The second kappa shape index (κ2) is 7.50. The zero-order valence-corrected chi connectivity index (χ0v) is 15.5. The lowest BCUT2D eigenvalue weighted by Gasteiger charge is -2.14. The highest BCUT2D eigenvalue weighted by atomic mass is 16.5.